The van der Waals surface area contributed by atoms with Crippen LogP contribution in [0.4, 0.5) is 0 Å². The SMILES string of the molecule is COc1ccc(C)cc1.Cc1ccc(C#N)cc1.Cc1ccc(C(C)C)cc1C.Cc1ccc(Cl)c(C)c1.Cc1cccc(C#N)c1.Cc1ccccc1C#N. The van der Waals surface area contributed by atoms with Crippen molar-refractivity contribution >= 4 is 11.6 Å². The zero-order chi connectivity index (χ0) is 42.0. The number of hydrogen-bond donors (Lipinski definition) is 0. The van der Waals surface area contributed by atoms with Crippen LogP contribution in [0.25, 0.3) is 0 Å². The molecule has 0 amide bonds. The second-order valence-electron chi connectivity index (χ2n) is 13.7. The number of halogens is 1. The molecule has 56 heavy (non-hydrogen) atoms. The van der Waals surface area contributed by atoms with E-state index in [2.05, 4.69) is 84.0 Å². The van der Waals surface area contributed by atoms with Crippen LogP contribution >= 0.6 is 11.6 Å². The molecule has 0 aliphatic heterocycles. The lowest BCUT2D eigenvalue weighted by Gasteiger charge is -2.07. The van der Waals surface area contributed by atoms with Gasteiger partial charge in [-0.25, -0.2) is 0 Å². The maximum Gasteiger partial charge on any atom is 0.118 e. The Balaban J connectivity index is 0.000000337. The molecule has 0 atom stereocenters. The lowest BCUT2D eigenvalue weighted by molar-refractivity contribution is 0.414. The third-order valence-electron chi connectivity index (χ3n) is 8.36. The average Bonchev–Trinajstić information content (AvgIpc) is 3.19. The molecule has 5 heteroatoms. The van der Waals surface area contributed by atoms with Crippen LogP contribution in [-0.2, 0) is 0 Å². The van der Waals surface area contributed by atoms with Gasteiger partial charge in [0.05, 0.1) is 42.0 Å². The third kappa shape index (κ3) is 19.8. The van der Waals surface area contributed by atoms with Crippen molar-refractivity contribution in [2.24, 2.45) is 0 Å². The van der Waals surface area contributed by atoms with Gasteiger partial charge in [0.2, 0.25) is 0 Å². The summed E-state index contributed by atoms with van der Waals surface area (Å²) in [4.78, 5) is 0. The van der Waals surface area contributed by atoms with E-state index in [0.717, 1.165) is 44.2 Å². The average molecular weight is 762 g/mol. The van der Waals surface area contributed by atoms with Gasteiger partial charge in [-0.05, 0) is 143 Å². The summed E-state index contributed by atoms with van der Waals surface area (Å²) in [6.45, 7) is 20.8. The van der Waals surface area contributed by atoms with E-state index in [-0.39, 0.29) is 0 Å². The van der Waals surface area contributed by atoms with E-state index in [4.69, 9.17) is 32.1 Å². The van der Waals surface area contributed by atoms with Crippen molar-refractivity contribution < 1.29 is 4.74 Å². The van der Waals surface area contributed by atoms with Crippen LogP contribution in [0.3, 0.4) is 0 Å². The molecule has 6 aromatic carbocycles. The molecule has 0 aliphatic carbocycles. The molecular weight excluding hydrogens is 706 g/mol. The highest BCUT2D eigenvalue weighted by atomic mass is 35.5. The zero-order valence-electron chi connectivity index (χ0n) is 34.9. The van der Waals surface area contributed by atoms with E-state index in [0.29, 0.717) is 5.92 Å². The minimum absolute atomic E-state index is 0.647. The molecule has 0 saturated heterocycles. The molecule has 0 N–H and O–H groups in total. The van der Waals surface area contributed by atoms with E-state index < -0.39 is 0 Å². The molecule has 288 valence electrons. The first-order valence-electron chi connectivity index (χ1n) is 18.4. The monoisotopic (exact) mass is 761 g/mol. The fraction of sp³-hybridized carbons (Fsp3) is 0.235. The molecule has 0 bridgehead atoms. The highest BCUT2D eigenvalue weighted by Crippen LogP contribution is 2.18. The van der Waals surface area contributed by atoms with Crippen molar-refractivity contribution in [3.8, 4) is 24.0 Å². The minimum atomic E-state index is 0.647. The first kappa shape index (κ1) is 47.9. The highest BCUT2D eigenvalue weighted by Gasteiger charge is 1.99. The molecule has 6 aromatic rings. The largest absolute Gasteiger partial charge is 0.497 e. The predicted octanol–water partition coefficient (Wildman–Crippen LogP) is 14.0. The second kappa shape index (κ2) is 26.6. The second-order valence-corrected chi connectivity index (χ2v) is 14.1. The molecule has 0 aromatic heterocycles. The number of nitrogens with zero attached hydrogens (tertiary/aromatic N) is 3. The van der Waals surface area contributed by atoms with Crippen LogP contribution in [0, 0.1) is 89.4 Å². The third-order valence-corrected chi connectivity index (χ3v) is 8.79. The Morgan fingerprint density at radius 3 is 1.45 bits per heavy atom. The van der Waals surface area contributed by atoms with Crippen molar-refractivity contribution in [3.63, 3.8) is 0 Å². The van der Waals surface area contributed by atoms with Gasteiger partial charge < -0.3 is 4.74 Å². The summed E-state index contributed by atoms with van der Waals surface area (Å²) in [5.41, 5.74) is 13.5. The zero-order valence-corrected chi connectivity index (χ0v) is 35.7. The van der Waals surface area contributed by atoms with Crippen LogP contribution in [-0.4, -0.2) is 7.11 Å². The quantitative estimate of drug-likeness (QED) is 0.176. The summed E-state index contributed by atoms with van der Waals surface area (Å²) < 4.78 is 4.97. The molecule has 0 spiro atoms. The molecular formula is C51H56ClN3O. The van der Waals surface area contributed by atoms with Crippen LogP contribution in [0.15, 0.2) is 133 Å². The van der Waals surface area contributed by atoms with Gasteiger partial charge in [0.1, 0.15) is 5.75 Å². The maximum atomic E-state index is 8.47. The van der Waals surface area contributed by atoms with Crippen LogP contribution < -0.4 is 4.74 Å². The van der Waals surface area contributed by atoms with E-state index >= 15 is 0 Å². The number of methoxy groups -OCH3 is 1. The van der Waals surface area contributed by atoms with Crippen LogP contribution in [0.5, 0.6) is 5.75 Å². The van der Waals surface area contributed by atoms with Gasteiger partial charge in [-0.15, -0.1) is 0 Å². The molecule has 4 nitrogen and oxygen atoms in total. The fourth-order valence-corrected chi connectivity index (χ4v) is 4.75. The Morgan fingerprint density at radius 2 is 1.02 bits per heavy atom. The number of nitriles is 3. The molecule has 0 radical (unpaired) electrons. The lowest BCUT2D eigenvalue weighted by Crippen LogP contribution is -1.89. The van der Waals surface area contributed by atoms with Crippen molar-refractivity contribution in [3.05, 3.63) is 205 Å². The normalized spacial score (nSPS) is 9.18. The van der Waals surface area contributed by atoms with E-state index in [9.17, 15) is 0 Å². The Bertz CT molecular complexity index is 2180. The van der Waals surface area contributed by atoms with Crippen LogP contribution in [0.2, 0.25) is 5.02 Å². The van der Waals surface area contributed by atoms with Gasteiger partial charge in [0.15, 0.2) is 0 Å². The molecule has 0 heterocycles. The number of ether oxygens (including phenoxy) is 1. The van der Waals surface area contributed by atoms with Gasteiger partial charge in [0, 0.05) is 5.02 Å². The topological polar surface area (TPSA) is 80.6 Å². The summed E-state index contributed by atoms with van der Waals surface area (Å²) in [6.07, 6.45) is 0. The molecule has 0 unspecified atom stereocenters. The van der Waals surface area contributed by atoms with E-state index in [1.165, 1.54) is 33.4 Å². The van der Waals surface area contributed by atoms with Gasteiger partial charge in [-0.2, -0.15) is 15.8 Å². The lowest BCUT2D eigenvalue weighted by atomic mass is 9.99. The van der Waals surface area contributed by atoms with Gasteiger partial charge >= 0.3 is 0 Å². The summed E-state index contributed by atoms with van der Waals surface area (Å²) in [6, 6.07) is 49.4. The number of aryl methyl sites for hydroxylation is 8. The van der Waals surface area contributed by atoms with Gasteiger partial charge in [-0.1, -0.05) is 127 Å². The van der Waals surface area contributed by atoms with E-state index in [1.807, 2.05) is 131 Å². The first-order valence-corrected chi connectivity index (χ1v) is 18.8. The van der Waals surface area contributed by atoms with Gasteiger partial charge in [0.25, 0.3) is 0 Å². The van der Waals surface area contributed by atoms with E-state index in [1.54, 1.807) is 13.2 Å². The first-order chi connectivity index (χ1) is 26.6. The number of rotatable bonds is 2. The smallest absolute Gasteiger partial charge is 0.118 e. The summed E-state index contributed by atoms with van der Waals surface area (Å²) >= 11 is 5.78. The van der Waals surface area contributed by atoms with Crippen LogP contribution in [0.1, 0.15) is 86.5 Å². The summed E-state index contributed by atoms with van der Waals surface area (Å²) in [5, 5.41) is 26.1. The number of hydrogen-bond acceptors (Lipinski definition) is 4. The van der Waals surface area contributed by atoms with Crippen molar-refractivity contribution in [2.75, 3.05) is 7.11 Å². The Kier molecular flexibility index (Phi) is 22.8. The number of benzene rings is 6. The molecule has 0 aliphatic rings. The van der Waals surface area contributed by atoms with Crippen molar-refractivity contribution in [1.82, 2.24) is 0 Å². The van der Waals surface area contributed by atoms with Crippen molar-refractivity contribution in [1.29, 1.82) is 15.8 Å². The fourth-order valence-electron chi connectivity index (χ4n) is 4.63. The minimum Gasteiger partial charge on any atom is -0.497 e. The highest BCUT2D eigenvalue weighted by molar-refractivity contribution is 6.31. The summed E-state index contributed by atoms with van der Waals surface area (Å²) in [7, 11) is 1.67. The molecule has 6 rings (SSSR count). The summed E-state index contributed by atoms with van der Waals surface area (Å²) in [5.74, 6) is 1.56. The standard InChI is InChI=1S/C11H16.C8H9Cl.3C8H7N.C8H10O/c1-8(2)11-6-5-9(3)10(4)7-11;1-6-3-4-8(9)7(2)5-6;1-7-2-4-8(6-9)5-3-7;1-7-3-2-4-8(5-7)6-9;1-7-4-2-3-5-8(7)6-9;1-7-3-5-8(9-2)6-4-7/h5-8H,1-4H3;3-5H,1-2H3;3*2-5H,1H3;3-6H,1-2H3. The molecule has 0 fully saturated rings. The Hall–Kier alpha value is -6.12. The van der Waals surface area contributed by atoms with Crippen molar-refractivity contribution in [2.45, 2.75) is 75.2 Å². The Labute approximate surface area is 342 Å². The molecule has 0 saturated carbocycles. The predicted molar refractivity (Wildman–Crippen MR) is 236 cm³/mol. The maximum absolute atomic E-state index is 8.47. The van der Waals surface area contributed by atoms with Gasteiger partial charge in [-0.3, -0.25) is 0 Å². The Morgan fingerprint density at radius 1 is 0.464 bits per heavy atom.